The van der Waals surface area contributed by atoms with Crippen molar-refractivity contribution < 1.29 is 23.9 Å². The molecule has 2 aliphatic carbocycles. The molecule has 2 saturated carbocycles. The van der Waals surface area contributed by atoms with Crippen LogP contribution in [0.15, 0.2) is 40.9 Å². The second-order valence-corrected chi connectivity index (χ2v) is 11.4. The zero-order valence-corrected chi connectivity index (χ0v) is 22.6. The lowest BCUT2D eigenvalue weighted by atomic mass is 9.80. The summed E-state index contributed by atoms with van der Waals surface area (Å²) in [6, 6.07) is 9.71. The standard InChI is InChI=1S/C26H23BrCl2N2O5/c1-11-6-14(7-12(2)21(11)27)30-18(32)10-36-26(35)13-4-3-5-15(8-13)31-24(33)19-16-9-17(20(19)25(31)34)23(29)22(16)28/h3-8,16-17,19-20,22-23H,9-10H2,1-2H3,(H,30,32)/t16-,17-,19-,20+,22+,23+/m1/s1. The number of hydrogen-bond donors (Lipinski definition) is 1. The van der Waals surface area contributed by atoms with Gasteiger partial charge in [-0.2, -0.15) is 0 Å². The molecule has 0 unspecified atom stereocenters. The van der Waals surface area contributed by atoms with Crippen LogP contribution in [-0.4, -0.2) is 41.1 Å². The highest BCUT2D eigenvalue weighted by atomic mass is 79.9. The number of hydrogen-bond acceptors (Lipinski definition) is 5. The Hall–Kier alpha value is -2.42. The highest BCUT2D eigenvalue weighted by molar-refractivity contribution is 9.10. The Balaban J connectivity index is 1.26. The lowest BCUT2D eigenvalue weighted by molar-refractivity contribution is -0.123. The number of carbonyl (C=O) groups excluding carboxylic acids is 4. The van der Waals surface area contributed by atoms with Crippen LogP contribution < -0.4 is 10.2 Å². The van der Waals surface area contributed by atoms with Crippen molar-refractivity contribution in [2.45, 2.75) is 31.0 Å². The van der Waals surface area contributed by atoms with Crippen LogP contribution in [-0.2, 0) is 19.1 Å². The maximum absolute atomic E-state index is 13.2. The summed E-state index contributed by atoms with van der Waals surface area (Å²) in [5.74, 6) is -3.06. The molecule has 6 atom stereocenters. The second kappa shape index (κ2) is 9.47. The third-order valence-corrected chi connectivity index (χ3v) is 9.95. The topological polar surface area (TPSA) is 92.8 Å². The third kappa shape index (κ3) is 4.13. The molecule has 7 nitrogen and oxygen atoms in total. The Labute approximate surface area is 226 Å². The van der Waals surface area contributed by atoms with E-state index in [-0.39, 0.29) is 45.7 Å². The van der Waals surface area contributed by atoms with E-state index in [0.717, 1.165) is 20.5 Å². The van der Waals surface area contributed by atoms with E-state index in [1.165, 1.54) is 12.1 Å². The summed E-state index contributed by atoms with van der Waals surface area (Å²) in [6.45, 7) is 3.34. The molecule has 3 fully saturated rings. The Bertz CT molecular complexity index is 1250. The number of nitrogens with zero attached hydrogens (tertiary/aromatic N) is 1. The van der Waals surface area contributed by atoms with Gasteiger partial charge in [0.15, 0.2) is 6.61 Å². The zero-order valence-electron chi connectivity index (χ0n) is 19.5. The third-order valence-electron chi connectivity index (χ3n) is 7.38. The van der Waals surface area contributed by atoms with Crippen molar-refractivity contribution in [3.8, 4) is 0 Å². The minimum Gasteiger partial charge on any atom is -0.452 e. The van der Waals surface area contributed by atoms with Crippen LogP contribution in [0.5, 0.6) is 0 Å². The molecule has 0 spiro atoms. The van der Waals surface area contributed by atoms with Crippen LogP contribution >= 0.6 is 39.1 Å². The molecular weight excluding hydrogens is 571 g/mol. The highest BCUT2D eigenvalue weighted by Crippen LogP contribution is 2.59. The fraction of sp³-hybridized carbons (Fsp3) is 0.385. The van der Waals surface area contributed by atoms with Gasteiger partial charge in [-0.3, -0.25) is 19.3 Å². The molecule has 3 aliphatic rings. The Morgan fingerprint density at radius 2 is 1.61 bits per heavy atom. The minimum atomic E-state index is -0.740. The number of amides is 3. The summed E-state index contributed by atoms with van der Waals surface area (Å²) in [5.41, 5.74) is 2.94. The summed E-state index contributed by atoms with van der Waals surface area (Å²) in [5, 5.41) is 2.03. The molecule has 1 saturated heterocycles. The average molecular weight is 594 g/mol. The van der Waals surface area contributed by atoms with E-state index in [4.69, 9.17) is 27.9 Å². The normalized spacial score (nSPS) is 28.4. The second-order valence-electron chi connectivity index (χ2n) is 9.61. The zero-order chi connectivity index (χ0) is 25.9. The summed E-state index contributed by atoms with van der Waals surface area (Å²) in [7, 11) is 0. The van der Waals surface area contributed by atoms with Crippen LogP contribution in [0.25, 0.3) is 0 Å². The van der Waals surface area contributed by atoms with Gasteiger partial charge < -0.3 is 10.1 Å². The molecule has 1 N–H and O–H groups in total. The Morgan fingerprint density at radius 1 is 1.03 bits per heavy atom. The molecule has 1 heterocycles. The van der Waals surface area contributed by atoms with Crippen molar-refractivity contribution >= 4 is 74.2 Å². The van der Waals surface area contributed by atoms with Crippen molar-refractivity contribution in [1.29, 1.82) is 0 Å². The Morgan fingerprint density at radius 3 is 2.19 bits per heavy atom. The Kier molecular flexibility index (Phi) is 6.64. The molecule has 10 heteroatoms. The fourth-order valence-corrected chi connectivity index (χ4v) is 6.93. The lowest BCUT2D eigenvalue weighted by Gasteiger charge is -2.28. The van der Waals surface area contributed by atoms with Crippen molar-refractivity contribution in [3.05, 3.63) is 57.6 Å². The van der Waals surface area contributed by atoms with Crippen molar-refractivity contribution in [2.75, 3.05) is 16.8 Å². The number of aryl methyl sites for hydroxylation is 2. The van der Waals surface area contributed by atoms with E-state index in [1.807, 2.05) is 26.0 Å². The summed E-state index contributed by atoms with van der Waals surface area (Å²) in [4.78, 5) is 52.5. The van der Waals surface area contributed by atoms with Crippen LogP contribution in [0.4, 0.5) is 11.4 Å². The number of esters is 1. The van der Waals surface area contributed by atoms with Gasteiger partial charge in [0.25, 0.3) is 5.91 Å². The predicted octanol–water partition coefficient (Wildman–Crippen LogP) is 4.83. The first kappa shape index (κ1) is 25.2. The van der Waals surface area contributed by atoms with Crippen LogP contribution in [0, 0.1) is 37.5 Å². The maximum Gasteiger partial charge on any atom is 0.338 e. The molecule has 0 radical (unpaired) electrons. The molecule has 36 heavy (non-hydrogen) atoms. The quantitative estimate of drug-likeness (QED) is 0.304. The number of carbonyl (C=O) groups is 4. The number of halogens is 3. The average Bonchev–Trinajstić information content (AvgIpc) is 3.45. The van der Waals surface area contributed by atoms with Gasteiger partial charge in [-0.25, -0.2) is 4.79 Å². The van der Waals surface area contributed by atoms with E-state index in [0.29, 0.717) is 12.1 Å². The molecule has 0 aromatic heterocycles. The summed E-state index contributed by atoms with van der Waals surface area (Å²) in [6.07, 6.45) is 0.677. The molecule has 2 aromatic rings. The van der Waals surface area contributed by atoms with Gasteiger partial charge >= 0.3 is 5.97 Å². The fourth-order valence-electron chi connectivity index (χ4n) is 5.80. The van der Waals surface area contributed by atoms with Crippen molar-refractivity contribution in [3.63, 3.8) is 0 Å². The number of nitrogens with one attached hydrogen (secondary N) is 1. The number of benzene rings is 2. The molecule has 5 rings (SSSR count). The van der Waals surface area contributed by atoms with Gasteiger partial charge in [-0.1, -0.05) is 22.0 Å². The van der Waals surface area contributed by atoms with E-state index in [1.54, 1.807) is 12.1 Å². The molecular formula is C26H23BrCl2N2O5. The molecule has 1 aliphatic heterocycles. The van der Waals surface area contributed by atoms with E-state index < -0.39 is 30.3 Å². The first-order chi connectivity index (χ1) is 17.1. The smallest absolute Gasteiger partial charge is 0.338 e. The highest BCUT2D eigenvalue weighted by Gasteiger charge is 2.66. The van der Waals surface area contributed by atoms with Crippen LogP contribution in [0.3, 0.4) is 0 Å². The van der Waals surface area contributed by atoms with E-state index >= 15 is 0 Å². The molecule has 2 aromatic carbocycles. The number of ether oxygens (including phenoxy) is 1. The van der Waals surface area contributed by atoms with Crippen LogP contribution in [0.2, 0.25) is 0 Å². The van der Waals surface area contributed by atoms with Crippen LogP contribution in [0.1, 0.15) is 27.9 Å². The number of rotatable bonds is 5. The molecule has 3 amide bonds. The first-order valence-electron chi connectivity index (χ1n) is 11.6. The number of imide groups is 1. The molecule has 188 valence electrons. The SMILES string of the molecule is Cc1cc(NC(=O)COC(=O)c2cccc(N3C(=O)[C@@H]4[C@H]5C[C@@H]([C@H](Cl)[C@H]5Cl)[C@@H]4C3=O)c2)cc(C)c1Br. The van der Waals surface area contributed by atoms with Gasteiger partial charge in [-0.05, 0) is 73.6 Å². The van der Waals surface area contributed by atoms with Gasteiger partial charge in [0, 0.05) is 10.2 Å². The van der Waals surface area contributed by atoms with E-state index in [9.17, 15) is 19.2 Å². The van der Waals surface area contributed by atoms with Crippen molar-refractivity contribution in [1.82, 2.24) is 0 Å². The summed E-state index contributed by atoms with van der Waals surface area (Å²) < 4.78 is 6.14. The lowest BCUT2D eigenvalue weighted by Crippen LogP contribution is -2.37. The van der Waals surface area contributed by atoms with Gasteiger partial charge in [-0.15, -0.1) is 23.2 Å². The monoisotopic (exact) mass is 592 g/mol. The minimum absolute atomic E-state index is 0.127. The molecule has 2 bridgehead atoms. The van der Waals surface area contributed by atoms with Gasteiger partial charge in [0.1, 0.15) is 0 Å². The predicted molar refractivity (Wildman–Crippen MR) is 139 cm³/mol. The van der Waals surface area contributed by atoms with E-state index in [2.05, 4.69) is 21.2 Å². The van der Waals surface area contributed by atoms with Crippen molar-refractivity contribution in [2.24, 2.45) is 23.7 Å². The summed E-state index contributed by atoms with van der Waals surface area (Å²) >= 11 is 16.3. The number of alkyl halides is 2. The van der Waals surface area contributed by atoms with Gasteiger partial charge in [0.2, 0.25) is 11.8 Å². The number of anilines is 2. The largest absolute Gasteiger partial charge is 0.452 e. The maximum atomic E-state index is 13.2. The number of fused-ring (bicyclic) bond motifs is 5. The first-order valence-corrected chi connectivity index (χ1v) is 13.2. The van der Waals surface area contributed by atoms with Gasteiger partial charge in [0.05, 0.1) is 33.8 Å².